The van der Waals surface area contributed by atoms with E-state index in [1.807, 2.05) is 12.1 Å². The number of fused-ring (bicyclic) bond motifs is 1. The van der Waals surface area contributed by atoms with Crippen LogP contribution in [0.2, 0.25) is 0 Å². The van der Waals surface area contributed by atoms with Gasteiger partial charge in [-0.2, -0.15) is 0 Å². The number of carbonyl (C=O) groups is 2. The Hall–Kier alpha value is -3.41. The van der Waals surface area contributed by atoms with E-state index in [0.29, 0.717) is 11.3 Å². The van der Waals surface area contributed by atoms with Crippen LogP contribution in [0.5, 0.6) is 0 Å². The minimum atomic E-state index is -0.846. The number of furan rings is 1. The Kier molecular flexibility index (Phi) is 5.75. The van der Waals surface area contributed by atoms with Gasteiger partial charge in [0.25, 0.3) is 5.91 Å². The van der Waals surface area contributed by atoms with Crippen LogP contribution in [0.3, 0.4) is 0 Å². The molecule has 5 rings (SSSR count). The van der Waals surface area contributed by atoms with E-state index in [-0.39, 0.29) is 23.6 Å². The van der Waals surface area contributed by atoms with E-state index in [2.05, 4.69) is 22.4 Å². The van der Waals surface area contributed by atoms with Crippen molar-refractivity contribution in [2.75, 3.05) is 4.90 Å². The number of hydrogen-bond acceptors (Lipinski definition) is 4. The fourth-order valence-electron chi connectivity index (χ4n) is 4.92. The summed E-state index contributed by atoms with van der Waals surface area (Å²) in [4.78, 5) is 33.2. The summed E-state index contributed by atoms with van der Waals surface area (Å²) in [6, 6.07) is 12.3. The van der Waals surface area contributed by atoms with Crippen LogP contribution >= 0.6 is 0 Å². The third kappa shape index (κ3) is 4.05. The predicted octanol–water partition coefficient (Wildman–Crippen LogP) is 4.61. The largest absolute Gasteiger partial charge is 0.459 e. The van der Waals surface area contributed by atoms with Crippen molar-refractivity contribution in [3.05, 3.63) is 83.6 Å². The molecule has 2 amide bonds. The summed E-state index contributed by atoms with van der Waals surface area (Å²) in [5.41, 5.74) is 3.92. The molecule has 2 aromatic heterocycles. The highest BCUT2D eigenvalue weighted by atomic mass is 16.3. The van der Waals surface area contributed by atoms with Crippen molar-refractivity contribution >= 4 is 17.5 Å². The summed E-state index contributed by atoms with van der Waals surface area (Å²) in [5, 5.41) is 3.19. The lowest BCUT2D eigenvalue weighted by atomic mass is 10.0. The minimum absolute atomic E-state index is 0.141. The van der Waals surface area contributed by atoms with Gasteiger partial charge in [0.15, 0.2) is 5.76 Å². The zero-order valence-corrected chi connectivity index (χ0v) is 18.0. The molecule has 1 N–H and O–H groups in total. The average Bonchev–Trinajstić information content (AvgIpc) is 3.60. The summed E-state index contributed by atoms with van der Waals surface area (Å²) in [6.45, 7) is 0. The molecule has 2 heterocycles. The molecule has 6 heteroatoms. The standard InChI is InChI=1S/C26H27N3O3/c30-25(28-21-9-1-2-10-21)24(20-8-4-14-27-17-20)29(26(31)23-11-5-15-32-23)22-13-12-18-6-3-7-19(18)16-22/h4-5,8,11-17,21,24H,1-3,6-7,9-10H2,(H,28,30)/t24-/m1/s1. The smallest absolute Gasteiger partial charge is 0.294 e. The van der Waals surface area contributed by atoms with Gasteiger partial charge in [-0.25, -0.2) is 0 Å². The number of benzene rings is 1. The molecule has 6 nitrogen and oxygen atoms in total. The van der Waals surface area contributed by atoms with Gasteiger partial charge in [-0.3, -0.25) is 19.5 Å². The highest BCUT2D eigenvalue weighted by Crippen LogP contribution is 2.34. The zero-order chi connectivity index (χ0) is 21.9. The monoisotopic (exact) mass is 429 g/mol. The van der Waals surface area contributed by atoms with Crippen LogP contribution in [0.4, 0.5) is 5.69 Å². The Morgan fingerprint density at radius 1 is 1.03 bits per heavy atom. The minimum Gasteiger partial charge on any atom is -0.459 e. The van der Waals surface area contributed by atoms with E-state index in [9.17, 15) is 9.59 Å². The van der Waals surface area contributed by atoms with Crippen LogP contribution in [-0.2, 0) is 17.6 Å². The molecule has 1 aromatic carbocycles. The van der Waals surface area contributed by atoms with Crippen LogP contribution in [0, 0.1) is 0 Å². The van der Waals surface area contributed by atoms with Crippen molar-refractivity contribution in [1.29, 1.82) is 0 Å². The number of nitrogens with zero attached hydrogens (tertiary/aromatic N) is 2. The molecule has 0 aliphatic heterocycles. The Morgan fingerprint density at radius 2 is 1.88 bits per heavy atom. The summed E-state index contributed by atoms with van der Waals surface area (Å²) in [5.74, 6) is -0.332. The fourth-order valence-corrected chi connectivity index (χ4v) is 4.92. The first kappa shape index (κ1) is 20.5. The molecule has 164 valence electrons. The molecule has 0 radical (unpaired) electrons. The van der Waals surface area contributed by atoms with E-state index in [1.54, 1.807) is 35.5 Å². The molecule has 2 aliphatic carbocycles. The number of hydrogen-bond donors (Lipinski definition) is 1. The average molecular weight is 430 g/mol. The fraction of sp³-hybridized carbons (Fsp3) is 0.346. The van der Waals surface area contributed by atoms with Gasteiger partial charge in [-0.05, 0) is 73.6 Å². The van der Waals surface area contributed by atoms with Gasteiger partial charge < -0.3 is 9.73 Å². The number of pyridine rings is 1. The molecule has 0 bridgehead atoms. The molecule has 32 heavy (non-hydrogen) atoms. The number of rotatable bonds is 6. The maximum atomic E-state index is 13.7. The van der Waals surface area contributed by atoms with Crippen molar-refractivity contribution < 1.29 is 14.0 Å². The normalized spacial score (nSPS) is 16.5. The van der Waals surface area contributed by atoms with Gasteiger partial charge >= 0.3 is 0 Å². The molecule has 0 unspecified atom stereocenters. The van der Waals surface area contributed by atoms with Gasteiger partial charge in [-0.1, -0.05) is 25.0 Å². The number of amides is 2. The van der Waals surface area contributed by atoms with Crippen molar-refractivity contribution in [2.24, 2.45) is 0 Å². The first-order valence-corrected chi connectivity index (χ1v) is 11.4. The van der Waals surface area contributed by atoms with Gasteiger partial charge in [-0.15, -0.1) is 0 Å². The Bertz CT molecular complexity index is 1090. The molecule has 1 atom stereocenters. The molecule has 0 saturated heterocycles. The Morgan fingerprint density at radius 3 is 2.62 bits per heavy atom. The van der Waals surface area contributed by atoms with Crippen molar-refractivity contribution in [3.8, 4) is 0 Å². The SMILES string of the molecule is O=C(NC1CCCC1)[C@@H](c1cccnc1)N(C(=O)c1ccco1)c1ccc2c(c1)CCC2. The van der Waals surface area contributed by atoms with E-state index in [1.165, 1.54) is 17.4 Å². The lowest BCUT2D eigenvalue weighted by Gasteiger charge is -2.32. The Labute approximate surface area is 187 Å². The summed E-state index contributed by atoms with van der Waals surface area (Å²) >= 11 is 0. The summed E-state index contributed by atoms with van der Waals surface area (Å²) < 4.78 is 5.45. The van der Waals surface area contributed by atoms with Crippen LogP contribution in [0.15, 0.2) is 65.5 Å². The summed E-state index contributed by atoms with van der Waals surface area (Å²) in [6.07, 6.45) is 12.1. The topological polar surface area (TPSA) is 75.4 Å². The second-order valence-electron chi connectivity index (χ2n) is 8.64. The van der Waals surface area contributed by atoms with E-state index >= 15 is 0 Å². The number of carbonyl (C=O) groups excluding carboxylic acids is 2. The maximum absolute atomic E-state index is 13.7. The van der Waals surface area contributed by atoms with Gasteiger partial charge in [0, 0.05) is 29.7 Å². The molecule has 2 aliphatic rings. The number of aromatic nitrogens is 1. The van der Waals surface area contributed by atoms with E-state index in [0.717, 1.165) is 44.9 Å². The van der Waals surface area contributed by atoms with Crippen molar-refractivity contribution in [2.45, 2.75) is 57.0 Å². The van der Waals surface area contributed by atoms with Crippen molar-refractivity contribution in [3.63, 3.8) is 0 Å². The van der Waals surface area contributed by atoms with Gasteiger partial charge in [0.05, 0.1) is 6.26 Å². The molecule has 1 saturated carbocycles. The molecule has 0 spiro atoms. The quantitative estimate of drug-likeness (QED) is 0.621. The molecule has 3 aromatic rings. The molecular weight excluding hydrogens is 402 g/mol. The van der Waals surface area contributed by atoms with E-state index < -0.39 is 6.04 Å². The first-order valence-electron chi connectivity index (χ1n) is 11.4. The zero-order valence-electron chi connectivity index (χ0n) is 18.0. The second kappa shape index (κ2) is 8.99. The van der Waals surface area contributed by atoms with Gasteiger partial charge in [0.1, 0.15) is 6.04 Å². The molecule has 1 fully saturated rings. The lowest BCUT2D eigenvalue weighted by molar-refractivity contribution is -0.123. The number of aryl methyl sites for hydroxylation is 2. The van der Waals surface area contributed by atoms with E-state index in [4.69, 9.17) is 4.42 Å². The van der Waals surface area contributed by atoms with Crippen molar-refractivity contribution in [1.82, 2.24) is 10.3 Å². The van der Waals surface area contributed by atoms with Crippen LogP contribution in [0.25, 0.3) is 0 Å². The van der Waals surface area contributed by atoms with Gasteiger partial charge in [0.2, 0.25) is 5.91 Å². The summed E-state index contributed by atoms with van der Waals surface area (Å²) in [7, 11) is 0. The van der Waals surface area contributed by atoms with Crippen LogP contribution in [0.1, 0.15) is 65.4 Å². The maximum Gasteiger partial charge on any atom is 0.294 e. The number of anilines is 1. The Balaban J connectivity index is 1.59. The van der Waals surface area contributed by atoms with Crippen LogP contribution in [-0.4, -0.2) is 22.8 Å². The number of nitrogens with one attached hydrogen (secondary N) is 1. The van der Waals surface area contributed by atoms with Crippen LogP contribution < -0.4 is 10.2 Å². The second-order valence-corrected chi connectivity index (χ2v) is 8.64. The predicted molar refractivity (Wildman–Crippen MR) is 121 cm³/mol. The highest BCUT2D eigenvalue weighted by Gasteiger charge is 2.36. The highest BCUT2D eigenvalue weighted by molar-refractivity contribution is 6.08. The third-order valence-corrected chi connectivity index (χ3v) is 6.52. The third-order valence-electron chi connectivity index (χ3n) is 6.52. The first-order chi connectivity index (χ1) is 15.7. The molecular formula is C26H27N3O3. The lowest BCUT2D eigenvalue weighted by Crippen LogP contribution is -2.46.